The molecule has 0 saturated heterocycles. The topological polar surface area (TPSA) is 54.5 Å². The summed E-state index contributed by atoms with van der Waals surface area (Å²) in [6.07, 6.45) is 3.56. The summed E-state index contributed by atoms with van der Waals surface area (Å²) in [4.78, 5) is 18.6. The number of hydrogen-bond donors (Lipinski definition) is 1. The van der Waals surface area contributed by atoms with Gasteiger partial charge in [-0.3, -0.25) is 4.79 Å². The average molecular weight is 414 g/mol. The number of amides is 1. The molecule has 2 aliphatic rings. The summed E-state index contributed by atoms with van der Waals surface area (Å²) in [5.74, 6) is 0.522. The minimum atomic E-state index is -0.263. The molecule has 1 N–H and O–H groups in total. The Morgan fingerprint density at radius 3 is 2.76 bits per heavy atom. The maximum absolute atomic E-state index is 13.0. The van der Waals surface area contributed by atoms with E-state index in [0.717, 1.165) is 28.2 Å². The first-order valence-corrected chi connectivity index (χ1v) is 9.78. The first-order valence-electron chi connectivity index (χ1n) is 9.41. The first kappa shape index (κ1) is 19.5. The summed E-state index contributed by atoms with van der Waals surface area (Å²) in [5.41, 5.74) is 4.24. The maximum atomic E-state index is 13.0. The number of allylic oxidation sites excluding steroid dienone is 2. The Bertz CT molecular complexity index is 1020. The minimum Gasteiger partial charge on any atom is -0.491 e. The molecule has 150 valence electrons. The smallest absolute Gasteiger partial charge is 0.255 e. The van der Waals surface area contributed by atoms with Gasteiger partial charge in [0.05, 0.1) is 19.1 Å². The molecule has 0 bridgehead atoms. The predicted octanol–water partition coefficient (Wildman–Crippen LogP) is 4.20. The van der Waals surface area contributed by atoms with Crippen molar-refractivity contribution >= 4 is 17.5 Å². The van der Waals surface area contributed by atoms with E-state index in [9.17, 15) is 9.18 Å². The second kappa shape index (κ2) is 7.87. The summed E-state index contributed by atoms with van der Waals surface area (Å²) in [6, 6.07) is 7.84. The van der Waals surface area contributed by atoms with Crippen LogP contribution in [0.1, 0.15) is 35.3 Å². The molecule has 1 aromatic carbocycles. The van der Waals surface area contributed by atoms with Crippen molar-refractivity contribution in [3.05, 3.63) is 87.3 Å². The van der Waals surface area contributed by atoms with Gasteiger partial charge in [-0.05, 0) is 49.3 Å². The summed E-state index contributed by atoms with van der Waals surface area (Å²) < 4.78 is 18.9. The van der Waals surface area contributed by atoms with Crippen LogP contribution in [-0.4, -0.2) is 28.4 Å². The Kier molecular flexibility index (Phi) is 5.28. The van der Waals surface area contributed by atoms with E-state index in [1.807, 2.05) is 19.9 Å². The number of carbonyl (C=O) groups excluding carboxylic acids is 1. The number of hydrogen-bond acceptors (Lipinski definition) is 4. The van der Waals surface area contributed by atoms with Crippen LogP contribution < -0.4 is 5.32 Å². The molecule has 0 aliphatic carbocycles. The van der Waals surface area contributed by atoms with Gasteiger partial charge in [-0.15, -0.1) is 0 Å². The lowest BCUT2D eigenvalue weighted by molar-refractivity contribution is 0.0735. The summed E-state index contributed by atoms with van der Waals surface area (Å²) in [6.45, 7) is 5.31. The number of carbonyl (C=O) groups is 1. The van der Waals surface area contributed by atoms with Crippen molar-refractivity contribution < 1.29 is 13.9 Å². The van der Waals surface area contributed by atoms with Gasteiger partial charge in [-0.25, -0.2) is 9.37 Å². The number of nitrogens with zero attached hydrogens (tertiary/aromatic N) is 2. The Balaban J connectivity index is 1.46. The van der Waals surface area contributed by atoms with Crippen LogP contribution in [0.15, 0.2) is 59.6 Å². The number of fused-ring (bicyclic) bond motifs is 1. The molecule has 1 unspecified atom stereocenters. The van der Waals surface area contributed by atoms with Crippen molar-refractivity contribution in [2.45, 2.75) is 33.0 Å². The molecule has 0 fully saturated rings. The first-order chi connectivity index (χ1) is 13.9. The summed E-state index contributed by atoms with van der Waals surface area (Å²) in [5, 5.41) is 3.74. The van der Waals surface area contributed by atoms with E-state index in [1.165, 1.54) is 12.1 Å². The lowest BCUT2D eigenvalue weighted by Gasteiger charge is -2.30. The molecule has 1 aromatic heterocycles. The molecule has 0 spiro atoms. The molecule has 2 aliphatic heterocycles. The Morgan fingerprint density at radius 2 is 2.07 bits per heavy atom. The largest absolute Gasteiger partial charge is 0.491 e. The molecule has 3 heterocycles. The Hall–Kier alpha value is -2.86. The van der Waals surface area contributed by atoms with E-state index < -0.39 is 0 Å². The van der Waals surface area contributed by atoms with Gasteiger partial charge in [0.15, 0.2) is 0 Å². The van der Waals surface area contributed by atoms with Gasteiger partial charge in [0.2, 0.25) is 0 Å². The average Bonchev–Trinajstić information content (AvgIpc) is 3.06. The third-order valence-corrected chi connectivity index (χ3v) is 5.66. The molecule has 0 radical (unpaired) electrons. The van der Waals surface area contributed by atoms with Crippen molar-refractivity contribution in [3.63, 3.8) is 0 Å². The lowest BCUT2D eigenvalue weighted by Crippen LogP contribution is -2.40. The SMILES string of the molecule is CC1=C(OCc2ccc(F)cc2)CNC(C(C)N2Cc3c(ccnc3Cl)C2=O)=C1. The summed E-state index contributed by atoms with van der Waals surface area (Å²) >= 11 is 6.16. The standard InChI is InChI=1S/C22H21ClFN3O2/c1-13-9-19(26-10-20(13)29-12-15-3-5-16(24)6-4-15)14(2)27-11-18-17(22(27)28)7-8-25-21(18)23/h3-9,14,26H,10-12H2,1-2H3. The van der Waals surface area contributed by atoms with Gasteiger partial charge < -0.3 is 15.0 Å². The predicted molar refractivity (Wildman–Crippen MR) is 109 cm³/mol. The molecule has 5 nitrogen and oxygen atoms in total. The van der Waals surface area contributed by atoms with Crippen LogP contribution in [-0.2, 0) is 17.9 Å². The van der Waals surface area contributed by atoms with Crippen molar-refractivity contribution in [2.24, 2.45) is 0 Å². The Morgan fingerprint density at radius 1 is 1.31 bits per heavy atom. The number of aromatic nitrogens is 1. The normalized spacial score (nSPS) is 17.0. The van der Waals surface area contributed by atoms with Crippen LogP contribution in [0.3, 0.4) is 0 Å². The fourth-order valence-corrected chi connectivity index (χ4v) is 3.78. The van der Waals surface area contributed by atoms with E-state index in [-0.39, 0.29) is 17.8 Å². The highest BCUT2D eigenvalue weighted by Crippen LogP contribution is 2.31. The monoisotopic (exact) mass is 413 g/mol. The minimum absolute atomic E-state index is 0.0421. The van der Waals surface area contributed by atoms with E-state index in [0.29, 0.717) is 30.4 Å². The molecule has 2 aromatic rings. The van der Waals surface area contributed by atoms with E-state index in [4.69, 9.17) is 16.3 Å². The van der Waals surface area contributed by atoms with Crippen LogP contribution in [0.5, 0.6) is 0 Å². The van der Waals surface area contributed by atoms with Crippen LogP contribution in [0, 0.1) is 5.82 Å². The Labute approximate surface area is 173 Å². The second-order valence-corrected chi connectivity index (χ2v) is 7.57. The van der Waals surface area contributed by atoms with E-state index in [1.54, 1.807) is 29.3 Å². The molecule has 1 amide bonds. The van der Waals surface area contributed by atoms with Crippen molar-refractivity contribution in [2.75, 3.05) is 6.54 Å². The molecule has 4 rings (SSSR count). The molecule has 29 heavy (non-hydrogen) atoms. The number of halogens is 2. The zero-order chi connectivity index (χ0) is 20.5. The second-order valence-electron chi connectivity index (χ2n) is 7.21. The third-order valence-electron chi connectivity index (χ3n) is 5.33. The van der Waals surface area contributed by atoms with Crippen molar-refractivity contribution in [1.29, 1.82) is 0 Å². The highest BCUT2D eigenvalue weighted by Gasteiger charge is 2.34. The number of benzene rings is 1. The number of ether oxygens (including phenoxy) is 1. The number of rotatable bonds is 5. The highest BCUT2D eigenvalue weighted by molar-refractivity contribution is 6.30. The molecule has 0 saturated carbocycles. The highest BCUT2D eigenvalue weighted by atomic mass is 35.5. The quantitative estimate of drug-likeness (QED) is 0.746. The van der Waals surface area contributed by atoms with Crippen LogP contribution in [0.25, 0.3) is 0 Å². The van der Waals surface area contributed by atoms with Crippen LogP contribution in [0.2, 0.25) is 5.15 Å². The van der Waals surface area contributed by atoms with Gasteiger partial charge in [-0.2, -0.15) is 0 Å². The van der Waals surface area contributed by atoms with E-state index in [2.05, 4.69) is 10.3 Å². The molecule has 7 heteroatoms. The zero-order valence-corrected chi connectivity index (χ0v) is 17.0. The lowest BCUT2D eigenvalue weighted by atomic mass is 10.1. The zero-order valence-electron chi connectivity index (χ0n) is 16.2. The van der Waals surface area contributed by atoms with Gasteiger partial charge in [0.25, 0.3) is 5.91 Å². The van der Waals surface area contributed by atoms with Gasteiger partial charge in [0, 0.05) is 23.0 Å². The van der Waals surface area contributed by atoms with Crippen molar-refractivity contribution in [3.8, 4) is 0 Å². The maximum Gasteiger partial charge on any atom is 0.255 e. The number of nitrogens with one attached hydrogen (secondary N) is 1. The van der Waals surface area contributed by atoms with E-state index >= 15 is 0 Å². The van der Waals surface area contributed by atoms with Crippen LogP contribution in [0.4, 0.5) is 4.39 Å². The van der Waals surface area contributed by atoms with Gasteiger partial charge in [0.1, 0.15) is 23.3 Å². The number of dihydropyridines is 1. The molecular weight excluding hydrogens is 393 g/mol. The molecular formula is C22H21ClFN3O2. The molecule has 1 atom stereocenters. The number of pyridine rings is 1. The fraction of sp³-hybridized carbons (Fsp3) is 0.273. The fourth-order valence-electron chi connectivity index (χ4n) is 3.57. The van der Waals surface area contributed by atoms with Crippen molar-refractivity contribution in [1.82, 2.24) is 15.2 Å². The summed E-state index contributed by atoms with van der Waals surface area (Å²) in [7, 11) is 0. The third kappa shape index (κ3) is 3.85. The van der Waals surface area contributed by atoms with Gasteiger partial charge in [-0.1, -0.05) is 23.7 Å². The van der Waals surface area contributed by atoms with Gasteiger partial charge >= 0.3 is 0 Å². The van der Waals surface area contributed by atoms with Crippen LogP contribution >= 0.6 is 11.6 Å².